The van der Waals surface area contributed by atoms with Gasteiger partial charge < -0.3 is 10.2 Å². The van der Waals surface area contributed by atoms with Crippen molar-refractivity contribution in [2.75, 3.05) is 29.9 Å². The van der Waals surface area contributed by atoms with E-state index in [0.29, 0.717) is 0 Å². The molecular weight excluding hydrogens is 196 g/mol. The smallest absolute Gasteiger partial charge is 0.0605 e. The van der Waals surface area contributed by atoms with E-state index >= 15 is 0 Å². The van der Waals surface area contributed by atoms with E-state index in [4.69, 9.17) is 0 Å². The molecule has 1 aromatic rings. The quantitative estimate of drug-likeness (QED) is 0.817. The summed E-state index contributed by atoms with van der Waals surface area (Å²) in [6.45, 7) is 7.90. The van der Waals surface area contributed by atoms with Gasteiger partial charge in [-0.3, -0.25) is 0 Å². The topological polar surface area (TPSA) is 15.3 Å². The van der Waals surface area contributed by atoms with Crippen molar-refractivity contribution in [2.24, 2.45) is 5.92 Å². The van der Waals surface area contributed by atoms with Crippen molar-refractivity contribution < 1.29 is 0 Å². The van der Waals surface area contributed by atoms with Crippen LogP contribution in [0.3, 0.4) is 0 Å². The van der Waals surface area contributed by atoms with E-state index in [1.807, 2.05) is 0 Å². The van der Waals surface area contributed by atoms with Gasteiger partial charge in [-0.05, 0) is 55.9 Å². The number of hydrogen-bond donors (Lipinski definition) is 1. The first-order chi connectivity index (χ1) is 7.74. The number of anilines is 2. The van der Waals surface area contributed by atoms with Crippen molar-refractivity contribution in [1.82, 2.24) is 0 Å². The summed E-state index contributed by atoms with van der Waals surface area (Å²) in [5.41, 5.74) is 5.54. The third kappa shape index (κ3) is 1.77. The Bertz CT molecular complexity index is 407. The van der Waals surface area contributed by atoms with Gasteiger partial charge in [-0.2, -0.15) is 0 Å². The summed E-state index contributed by atoms with van der Waals surface area (Å²) in [7, 11) is 0. The lowest BCUT2D eigenvalue weighted by atomic mass is 10.1. The monoisotopic (exact) mass is 216 g/mol. The zero-order chi connectivity index (χ0) is 11.1. The Kier molecular flexibility index (Phi) is 2.31. The zero-order valence-corrected chi connectivity index (χ0v) is 10.2. The minimum atomic E-state index is 0.965. The SMILES string of the molecule is Cc1cc2c(cc1C)N(CC1CC1)CCN2. The lowest BCUT2D eigenvalue weighted by Gasteiger charge is -2.33. The van der Waals surface area contributed by atoms with Gasteiger partial charge in [-0.15, -0.1) is 0 Å². The number of aryl methyl sites for hydroxylation is 2. The molecule has 0 atom stereocenters. The molecule has 16 heavy (non-hydrogen) atoms. The molecular formula is C14H20N2. The van der Waals surface area contributed by atoms with E-state index < -0.39 is 0 Å². The third-order valence-corrected chi connectivity index (χ3v) is 3.83. The highest BCUT2D eigenvalue weighted by Gasteiger charge is 2.26. The van der Waals surface area contributed by atoms with Crippen LogP contribution in [-0.2, 0) is 0 Å². The first-order valence-corrected chi connectivity index (χ1v) is 6.34. The number of fused-ring (bicyclic) bond motifs is 1. The molecule has 86 valence electrons. The molecule has 1 heterocycles. The van der Waals surface area contributed by atoms with Crippen LogP contribution < -0.4 is 10.2 Å². The van der Waals surface area contributed by atoms with Crippen molar-refractivity contribution in [3.05, 3.63) is 23.3 Å². The van der Waals surface area contributed by atoms with E-state index in [-0.39, 0.29) is 0 Å². The summed E-state index contributed by atoms with van der Waals surface area (Å²) in [4.78, 5) is 2.57. The van der Waals surface area contributed by atoms with Crippen LogP contribution in [0.1, 0.15) is 24.0 Å². The summed E-state index contributed by atoms with van der Waals surface area (Å²) >= 11 is 0. The number of rotatable bonds is 2. The van der Waals surface area contributed by atoms with Crippen molar-refractivity contribution >= 4 is 11.4 Å². The maximum Gasteiger partial charge on any atom is 0.0605 e. The molecule has 3 rings (SSSR count). The Hall–Kier alpha value is -1.18. The molecule has 2 nitrogen and oxygen atoms in total. The fourth-order valence-corrected chi connectivity index (χ4v) is 2.45. The van der Waals surface area contributed by atoms with Crippen molar-refractivity contribution in [1.29, 1.82) is 0 Å². The molecule has 0 amide bonds. The molecule has 1 N–H and O–H groups in total. The average Bonchev–Trinajstić information content (AvgIpc) is 3.05. The second-order valence-corrected chi connectivity index (χ2v) is 5.27. The minimum Gasteiger partial charge on any atom is -0.382 e. The molecule has 0 spiro atoms. The van der Waals surface area contributed by atoms with Gasteiger partial charge in [0.2, 0.25) is 0 Å². The van der Waals surface area contributed by atoms with Crippen LogP contribution in [0.4, 0.5) is 11.4 Å². The Morgan fingerprint density at radius 3 is 2.75 bits per heavy atom. The lowest BCUT2D eigenvalue weighted by Crippen LogP contribution is -2.35. The van der Waals surface area contributed by atoms with E-state index in [1.54, 1.807) is 0 Å². The zero-order valence-electron chi connectivity index (χ0n) is 10.2. The van der Waals surface area contributed by atoms with Crippen molar-refractivity contribution in [3.63, 3.8) is 0 Å². The standard InChI is InChI=1S/C14H20N2/c1-10-7-13-14(8-11(10)2)16(6-5-15-13)9-12-3-4-12/h7-8,12,15H,3-6,9H2,1-2H3. The summed E-state index contributed by atoms with van der Waals surface area (Å²) in [6.07, 6.45) is 2.87. The molecule has 1 fully saturated rings. The van der Waals surface area contributed by atoms with Gasteiger partial charge in [0.15, 0.2) is 0 Å². The molecule has 1 aromatic carbocycles. The third-order valence-electron chi connectivity index (χ3n) is 3.83. The van der Waals surface area contributed by atoms with Gasteiger partial charge in [-0.1, -0.05) is 0 Å². The Labute approximate surface area is 97.6 Å². The molecule has 0 radical (unpaired) electrons. The second kappa shape index (κ2) is 3.69. The van der Waals surface area contributed by atoms with Crippen LogP contribution >= 0.6 is 0 Å². The first kappa shape index (κ1) is 10.0. The van der Waals surface area contributed by atoms with Crippen LogP contribution in [0.5, 0.6) is 0 Å². The van der Waals surface area contributed by atoms with Crippen LogP contribution in [0.25, 0.3) is 0 Å². The largest absolute Gasteiger partial charge is 0.382 e. The van der Waals surface area contributed by atoms with Gasteiger partial charge in [0.1, 0.15) is 0 Å². The lowest BCUT2D eigenvalue weighted by molar-refractivity contribution is 0.718. The average molecular weight is 216 g/mol. The fourth-order valence-electron chi connectivity index (χ4n) is 2.45. The highest BCUT2D eigenvalue weighted by Crippen LogP contribution is 2.36. The summed E-state index contributed by atoms with van der Waals surface area (Å²) in [6, 6.07) is 4.64. The van der Waals surface area contributed by atoms with Crippen LogP contribution in [-0.4, -0.2) is 19.6 Å². The van der Waals surface area contributed by atoms with Crippen molar-refractivity contribution in [3.8, 4) is 0 Å². The number of nitrogens with one attached hydrogen (secondary N) is 1. The van der Waals surface area contributed by atoms with E-state index in [9.17, 15) is 0 Å². The highest BCUT2D eigenvalue weighted by molar-refractivity contribution is 5.74. The maximum atomic E-state index is 3.51. The highest BCUT2D eigenvalue weighted by atomic mass is 15.2. The molecule has 0 unspecified atom stereocenters. The number of hydrogen-bond acceptors (Lipinski definition) is 2. The van der Waals surface area contributed by atoms with Gasteiger partial charge in [0.05, 0.1) is 11.4 Å². The number of nitrogens with zero attached hydrogens (tertiary/aromatic N) is 1. The molecule has 0 bridgehead atoms. The van der Waals surface area contributed by atoms with Gasteiger partial charge in [0.25, 0.3) is 0 Å². The number of benzene rings is 1. The Balaban J connectivity index is 1.93. The van der Waals surface area contributed by atoms with Gasteiger partial charge in [-0.25, -0.2) is 0 Å². The Morgan fingerprint density at radius 1 is 1.25 bits per heavy atom. The van der Waals surface area contributed by atoms with Crippen LogP contribution in [0, 0.1) is 19.8 Å². The molecule has 2 aliphatic rings. The summed E-state index contributed by atoms with van der Waals surface area (Å²) < 4.78 is 0. The molecule has 1 saturated carbocycles. The first-order valence-electron chi connectivity index (χ1n) is 6.34. The van der Waals surface area contributed by atoms with E-state index in [2.05, 4.69) is 36.2 Å². The molecule has 0 aromatic heterocycles. The maximum absolute atomic E-state index is 3.51. The predicted molar refractivity (Wildman–Crippen MR) is 69.3 cm³/mol. The predicted octanol–water partition coefficient (Wildman–Crippen LogP) is 2.95. The summed E-state index contributed by atoms with van der Waals surface area (Å²) in [5, 5.41) is 3.51. The second-order valence-electron chi connectivity index (χ2n) is 5.27. The van der Waals surface area contributed by atoms with E-state index in [0.717, 1.165) is 19.0 Å². The molecule has 0 saturated heterocycles. The molecule has 1 aliphatic heterocycles. The minimum absolute atomic E-state index is 0.965. The molecule has 2 heteroatoms. The normalized spacial score (nSPS) is 19.2. The molecule has 1 aliphatic carbocycles. The van der Waals surface area contributed by atoms with Crippen molar-refractivity contribution in [2.45, 2.75) is 26.7 Å². The van der Waals surface area contributed by atoms with Gasteiger partial charge in [0, 0.05) is 19.6 Å². The Morgan fingerprint density at radius 2 is 2.00 bits per heavy atom. The fraction of sp³-hybridized carbons (Fsp3) is 0.571. The van der Waals surface area contributed by atoms with Crippen LogP contribution in [0.15, 0.2) is 12.1 Å². The van der Waals surface area contributed by atoms with Crippen LogP contribution in [0.2, 0.25) is 0 Å². The van der Waals surface area contributed by atoms with Gasteiger partial charge >= 0.3 is 0 Å². The summed E-state index contributed by atoms with van der Waals surface area (Å²) in [5.74, 6) is 0.965. The van der Waals surface area contributed by atoms with E-state index in [1.165, 1.54) is 41.9 Å².